The van der Waals surface area contributed by atoms with Crippen LogP contribution in [-0.4, -0.2) is 18.1 Å². The summed E-state index contributed by atoms with van der Waals surface area (Å²) in [5.41, 5.74) is 1.70. The number of para-hydroxylation sites is 2. The monoisotopic (exact) mass is 386 g/mol. The number of rotatable bonds is 8. The number of non-ortho nitro benzene ring substituents is 1. The molecule has 3 rings (SSSR count). The van der Waals surface area contributed by atoms with Gasteiger partial charge in [0.2, 0.25) is 0 Å². The van der Waals surface area contributed by atoms with Gasteiger partial charge < -0.3 is 9.47 Å². The molecule has 6 nitrogen and oxygen atoms in total. The summed E-state index contributed by atoms with van der Waals surface area (Å²) in [7, 11) is 0. The highest BCUT2D eigenvalue weighted by atomic mass is 16.6. The summed E-state index contributed by atoms with van der Waals surface area (Å²) in [4.78, 5) is 10.3. The zero-order valence-corrected chi connectivity index (χ0v) is 15.5. The van der Waals surface area contributed by atoms with Crippen molar-refractivity contribution in [1.82, 2.24) is 0 Å². The van der Waals surface area contributed by atoms with Gasteiger partial charge in [0.25, 0.3) is 5.69 Å². The lowest BCUT2D eigenvalue weighted by Crippen LogP contribution is -2.09. The first-order chi connectivity index (χ1) is 14.2. The lowest BCUT2D eigenvalue weighted by molar-refractivity contribution is -0.384. The third-order valence-electron chi connectivity index (χ3n) is 4.08. The Bertz CT molecular complexity index is 1040. The molecule has 0 aromatic heterocycles. The van der Waals surface area contributed by atoms with E-state index < -0.39 is 4.92 Å². The average molecular weight is 386 g/mol. The number of nitro groups is 1. The molecular formula is C23H18N2O4. The Labute approximate surface area is 168 Å². The average Bonchev–Trinajstić information content (AvgIpc) is 2.76. The zero-order valence-electron chi connectivity index (χ0n) is 15.5. The molecular weight excluding hydrogens is 368 g/mol. The molecule has 0 heterocycles. The van der Waals surface area contributed by atoms with E-state index in [1.807, 2.05) is 54.6 Å². The van der Waals surface area contributed by atoms with Gasteiger partial charge in [0.05, 0.1) is 16.6 Å². The van der Waals surface area contributed by atoms with E-state index in [9.17, 15) is 15.4 Å². The molecule has 0 aliphatic carbocycles. The van der Waals surface area contributed by atoms with Crippen LogP contribution in [0.3, 0.4) is 0 Å². The number of hydrogen-bond acceptors (Lipinski definition) is 5. The van der Waals surface area contributed by atoms with Gasteiger partial charge in [-0.2, -0.15) is 5.26 Å². The molecule has 0 fully saturated rings. The molecule has 0 bridgehead atoms. The first kappa shape index (κ1) is 19.6. The molecule has 0 unspecified atom stereocenters. The fraction of sp³-hybridized carbons (Fsp3) is 0.0870. The maximum absolute atomic E-state index is 10.8. The normalized spacial score (nSPS) is 10.8. The van der Waals surface area contributed by atoms with Gasteiger partial charge in [-0.1, -0.05) is 36.4 Å². The maximum atomic E-state index is 10.8. The van der Waals surface area contributed by atoms with Crippen LogP contribution in [0.2, 0.25) is 0 Å². The van der Waals surface area contributed by atoms with Crippen molar-refractivity contribution in [3.05, 3.63) is 100 Å². The van der Waals surface area contributed by atoms with Gasteiger partial charge in [0.1, 0.15) is 24.7 Å². The van der Waals surface area contributed by atoms with Crippen LogP contribution >= 0.6 is 0 Å². The smallest absolute Gasteiger partial charge is 0.269 e. The first-order valence-corrected chi connectivity index (χ1v) is 8.93. The Balaban J connectivity index is 1.71. The lowest BCUT2D eigenvalue weighted by Gasteiger charge is -2.11. The molecule has 3 aromatic rings. The molecule has 0 saturated heterocycles. The lowest BCUT2D eigenvalue weighted by atomic mass is 10.0. The highest BCUT2D eigenvalue weighted by molar-refractivity contribution is 5.90. The standard InChI is InChI=1S/C23H18N2O4/c24-17-20(18-10-12-21(13-11-18)25(26)27)16-19-6-4-5-9-23(19)29-15-14-28-22-7-2-1-3-8-22/h1-13,16H,14-15H2. The van der Waals surface area contributed by atoms with Crippen LogP contribution in [0.1, 0.15) is 11.1 Å². The van der Waals surface area contributed by atoms with E-state index in [0.717, 1.165) is 11.3 Å². The fourth-order valence-electron chi connectivity index (χ4n) is 2.66. The number of nitriles is 1. The Kier molecular flexibility index (Phi) is 6.58. The molecule has 0 aliphatic rings. The van der Waals surface area contributed by atoms with Crippen molar-refractivity contribution in [1.29, 1.82) is 5.26 Å². The maximum Gasteiger partial charge on any atom is 0.269 e. The Morgan fingerprint density at radius 1 is 0.931 bits per heavy atom. The predicted octanol–water partition coefficient (Wildman–Crippen LogP) is 5.12. The van der Waals surface area contributed by atoms with Crippen LogP contribution < -0.4 is 9.47 Å². The summed E-state index contributed by atoms with van der Waals surface area (Å²) >= 11 is 0. The van der Waals surface area contributed by atoms with E-state index in [-0.39, 0.29) is 5.69 Å². The largest absolute Gasteiger partial charge is 0.490 e. The van der Waals surface area contributed by atoms with Crippen molar-refractivity contribution < 1.29 is 14.4 Å². The summed E-state index contributed by atoms with van der Waals surface area (Å²) in [6.07, 6.45) is 1.70. The molecule has 0 saturated carbocycles. The molecule has 0 spiro atoms. The van der Waals surface area contributed by atoms with E-state index >= 15 is 0 Å². The van der Waals surface area contributed by atoms with Gasteiger partial charge in [-0.05, 0) is 42.0 Å². The topological polar surface area (TPSA) is 85.4 Å². The van der Waals surface area contributed by atoms with Crippen LogP contribution in [0.15, 0.2) is 78.9 Å². The Morgan fingerprint density at radius 2 is 1.59 bits per heavy atom. The van der Waals surface area contributed by atoms with Crippen molar-refractivity contribution in [3.8, 4) is 17.6 Å². The number of benzene rings is 3. The second-order valence-corrected chi connectivity index (χ2v) is 6.02. The van der Waals surface area contributed by atoms with Gasteiger partial charge in [-0.3, -0.25) is 10.1 Å². The van der Waals surface area contributed by atoms with Gasteiger partial charge in [0, 0.05) is 17.7 Å². The number of ether oxygens (including phenoxy) is 2. The Hall–Kier alpha value is -4.11. The van der Waals surface area contributed by atoms with E-state index in [4.69, 9.17) is 9.47 Å². The molecule has 0 atom stereocenters. The van der Waals surface area contributed by atoms with Crippen molar-refractivity contribution in [2.45, 2.75) is 0 Å². The van der Waals surface area contributed by atoms with Crippen LogP contribution in [0.5, 0.6) is 11.5 Å². The fourth-order valence-corrected chi connectivity index (χ4v) is 2.66. The number of nitrogens with zero attached hydrogens (tertiary/aromatic N) is 2. The van der Waals surface area contributed by atoms with E-state index in [2.05, 4.69) is 6.07 Å². The van der Waals surface area contributed by atoms with Crippen LogP contribution in [0, 0.1) is 21.4 Å². The Morgan fingerprint density at radius 3 is 2.28 bits per heavy atom. The van der Waals surface area contributed by atoms with E-state index in [1.54, 1.807) is 18.2 Å². The van der Waals surface area contributed by atoms with Crippen molar-refractivity contribution in [3.63, 3.8) is 0 Å². The first-order valence-electron chi connectivity index (χ1n) is 8.93. The zero-order chi connectivity index (χ0) is 20.5. The molecule has 144 valence electrons. The predicted molar refractivity (Wildman–Crippen MR) is 110 cm³/mol. The van der Waals surface area contributed by atoms with Gasteiger partial charge in [-0.25, -0.2) is 0 Å². The molecule has 0 N–H and O–H groups in total. The molecule has 6 heteroatoms. The van der Waals surface area contributed by atoms with Crippen molar-refractivity contribution in [2.24, 2.45) is 0 Å². The second-order valence-electron chi connectivity index (χ2n) is 6.02. The third-order valence-corrected chi connectivity index (χ3v) is 4.08. The number of nitro benzene ring substituents is 1. The van der Waals surface area contributed by atoms with Crippen LogP contribution in [-0.2, 0) is 0 Å². The minimum absolute atomic E-state index is 0.0202. The minimum Gasteiger partial charge on any atom is -0.490 e. The molecule has 0 radical (unpaired) electrons. The van der Waals surface area contributed by atoms with E-state index in [1.165, 1.54) is 12.1 Å². The van der Waals surface area contributed by atoms with Gasteiger partial charge in [0.15, 0.2) is 0 Å². The molecule has 0 aliphatic heterocycles. The minimum atomic E-state index is -0.472. The highest BCUT2D eigenvalue weighted by Crippen LogP contribution is 2.25. The van der Waals surface area contributed by atoms with Crippen molar-refractivity contribution >= 4 is 17.3 Å². The molecule has 0 amide bonds. The summed E-state index contributed by atoms with van der Waals surface area (Å²) in [5, 5.41) is 20.3. The van der Waals surface area contributed by atoms with Crippen LogP contribution in [0.4, 0.5) is 5.69 Å². The van der Waals surface area contributed by atoms with Crippen molar-refractivity contribution in [2.75, 3.05) is 13.2 Å². The van der Waals surface area contributed by atoms with E-state index in [0.29, 0.717) is 30.1 Å². The quantitative estimate of drug-likeness (QED) is 0.176. The number of allylic oxidation sites excluding steroid dienone is 1. The SMILES string of the molecule is N#CC(=Cc1ccccc1OCCOc1ccccc1)c1ccc([N+](=O)[O-])cc1. The summed E-state index contributed by atoms with van der Waals surface area (Å²) in [6.45, 7) is 0.731. The molecule has 29 heavy (non-hydrogen) atoms. The van der Waals surface area contributed by atoms with Gasteiger partial charge >= 0.3 is 0 Å². The third kappa shape index (κ3) is 5.44. The van der Waals surface area contributed by atoms with Crippen LogP contribution in [0.25, 0.3) is 11.6 Å². The van der Waals surface area contributed by atoms with Gasteiger partial charge in [-0.15, -0.1) is 0 Å². The molecule has 3 aromatic carbocycles. The number of hydrogen-bond donors (Lipinski definition) is 0. The second kappa shape index (κ2) is 9.72. The summed E-state index contributed by atoms with van der Waals surface area (Å²) < 4.78 is 11.4. The highest BCUT2D eigenvalue weighted by Gasteiger charge is 2.08. The summed E-state index contributed by atoms with van der Waals surface area (Å²) in [5.74, 6) is 1.40. The summed E-state index contributed by atoms with van der Waals surface area (Å²) in [6, 6.07) is 24.9.